The number of nitrogens with zero attached hydrogens (tertiary/aromatic N) is 2. The van der Waals surface area contributed by atoms with Gasteiger partial charge in [0.25, 0.3) is 0 Å². The molecule has 3 rings (SSSR count). The largest absolute Gasteiger partial charge is 0.337 e. The third kappa shape index (κ3) is 2.71. The van der Waals surface area contributed by atoms with Gasteiger partial charge in [-0.1, -0.05) is 33.6 Å². The molecule has 1 aromatic heterocycles. The molecule has 0 amide bonds. The number of halogens is 3. The summed E-state index contributed by atoms with van der Waals surface area (Å²) in [6.07, 6.45) is 1.44. The molecule has 2 aromatic carbocycles. The van der Waals surface area contributed by atoms with E-state index in [9.17, 15) is 4.39 Å². The van der Waals surface area contributed by atoms with E-state index in [0.717, 1.165) is 20.9 Å². The smallest absolute Gasteiger partial charge is 0.165 e. The Morgan fingerprint density at radius 3 is 2.86 bits per heavy atom. The van der Waals surface area contributed by atoms with Crippen LogP contribution in [-0.2, 0) is 0 Å². The number of hydrogen-bond acceptors (Lipinski definition) is 3. The Bertz CT molecular complexity index is 839. The molecule has 0 atom stereocenters. The van der Waals surface area contributed by atoms with Crippen molar-refractivity contribution in [1.29, 1.82) is 0 Å². The number of aromatic nitrogens is 2. The van der Waals surface area contributed by atoms with Crippen LogP contribution in [0.4, 0.5) is 15.9 Å². The Morgan fingerprint density at radius 1 is 1.24 bits per heavy atom. The Balaban J connectivity index is 2.12. The van der Waals surface area contributed by atoms with Crippen LogP contribution in [0.2, 0.25) is 5.02 Å². The summed E-state index contributed by atoms with van der Waals surface area (Å²) in [7, 11) is 0. The first-order chi connectivity index (χ1) is 10.1. The molecule has 0 saturated carbocycles. The fourth-order valence-electron chi connectivity index (χ4n) is 2.01. The SMILES string of the molecule is Cc1cc2ncnc(Nc3cccc(Cl)c3F)c2cc1Br. The Kier molecular flexibility index (Phi) is 3.78. The molecular weight excluding hydrogens is 357 g/mol. The Morgan fingerprint density at radius 2 is 2.05 bits per heavy atom. The molecule has 0 radical (unpaired) electrons. The number of aryl methyl sites for hydroxylation is 1. The predicted octanol–water partition coefficient (Wildman–Crippen LogP) is 5.24. The molecule has 0 saturated heterocycles. The van der Waals surface area contributed by atoms with Crippen LogP contribution in [0.5, 0.6) is 0 Å². The van der Waals surface area contributed by atoms with Crippen molar-refractivity contribution in [2.75, 3.05) is 5.32 Å². The second-order valence-corrected chi connectivity index (χ2v) is 5.83. The standard InChI is InChI=1S/C15H10BrClFN3/c1-8-5-13-9(6-10(8)16)15(20-7-19-13)21-12-4-2-3-11(17)14(12)18/h2-7H,1H3,(H,19,20,21). The summed E-state index contributed by atoms with van der Waals surface area (Å²) in [5, 5.41) is 3.84. The minimum atomic E-state index is -0.503. The van der Waals surface area contributed by atoms with Gasteiger partial charge in [-0.2, -0.15) is 0 Å². The number of rotatable bonds is 2. The van der Waals surface area contributed by atoms with Gasteiger partial charge in [-0.15, -0.1) is 0 Å². The second kappa shape index (κ2) is 5.58. The summed E-state index contributed by atoms with van der Waals surface area (Å²) in [5.74, 6) is 0.0268. The maximum atomic E-state index is 14.0. The fraction of sp³-hybridized carbons (Fsp3) is 0.0667. The summed E-state index contributed by atoms with van der Waals surface area (Å²) in [6, 6.07) is 8.64. The first-order valence-electron chi connectivity index (χ1n) is 6.18. The summed E-state index contributed by atoms with van der Waals surface area (Å²) in [6.45, 7) is 1.98. The fourth-order valence-corrected chi connectivity index (χ4v) is 2.53. The lowest BCUT2D eigenvalue weighted by Crippen LogP contribution is -1.99. The van der Waals surface area contributed by atoms with Gasteiger partial charge in [0.1, 0.15) is 12.1 Å². The lowest BCUT2D eigenvalue weighted by Gasteiger charge is -2.10. The van der Waals surface area contributed by atoms with E-state index in [0.29, 0.717) is 5.82 Å². The Hall–Kier alpha value is -1.72. The minimum Gasteiger partial charge on any atom is -0.337 e. The summed E-state index contributed by atoms with van der Waals surface area (Å²) < 4.78 is 14.9. The van der Waals surface area contributed by atoms with Gasteiger partial charge in [0, 0.05) is 9.86 Å². The zero-order valence-electron chi connectivity index (χ0n) is 11.0. The van der Waals surface area contributed by atoms with E-state index in [1.54, 1.807) is 12.1 Å². The average Bonchev–Trinajstić information content (AvgIpc) is 2.46. The normalized spacial score (nSPS) is 10.9. The molecule has 0 aliphatic heterocycles. The van der Waals surface area contributed by atoms with Crippen LogP contribution in [0, 0.1) is 12.7 Å². The van der Waals surface area contributed by atoms with Gasteiger partial charge in [0.2, 0.25) is 0 Å². The third-order valence-corrected chi connectivity index (χ3v) is 4.27. The van der Waals surface area contributed by atoms with Crippen LogP contribution < -0.4 is 5.32 Å². The van der Waals surface area contributed by atoms with Gasteiger partial charge in [-0.05, 0) is 36.8 Å². The number of anilines is 2. The van der Waals surface area contributed by atoms with Crippen molar-refractivity contribution in [1.82, 2.24) is 9.97 Å². The first-order valence-corrected chi connectivity index (χ1v) is 7.35. The Labute approximate surface area is 134 Å². The highest BCUT2D eigenvalue weighted by atomic mass is 79.9. The van der Waals surface area contributed by atoms with Crippen LogP contribution in [0.1, 0.15) is 5.56 Å². The van der Waals surface area contributed by atoms with Crippen LogP contribution in [0.25, 0.3) is 10.9 Å². The van der Waals surface area contributed by atoms with E-state index in [1.807, 2.05) is 19.1 Å². The third-order valence-electron chi connectivity index (χ3n) is 3.12. The van der Waals surface area contributed by atoms with Crippen LogP contribution in [-0.4, -0.2) is 9.97 Å². The minimum absolute atomic E-state index is 0.0652. The van der Waals surface area contributed by atoms with Crippen molar-refractivity contribution in [2.24, 2.45) is 0 Å². The van der Waals surface area contributed by atoms with Gasteiger partial charge in [0.05, 0.1) is 16.2 Å². The van der Waals surface area contributed by atoms with E-state index in [1.165, 1.54) is 12.4 Å². The maximum Gasteiger partial charge on any atom is 0.165 e. The molecule has 0 unspecified atom stereocenters. The highest BCUT2D eigenvalue weighted by molar-refractivity contribution is 9.10. The zero-order valence-corrected chi connectivity index (χ0v) is 13.3. The molecule has 3 nitrogen and oxygen atoms in total. The molecule has 21 heavy (non-hydrogen) atoms. The van der Waals surface area contributed by atoms with E-state index >= 15 is 0 Å². The molecule has 0 aliphatic rings. The molecule has 1 heterocycles. The molecule has 6 heteroatoms. The van der Waals surface area contributed by atoms with Gasteiger partial charge >= 0.3 is 0 Å². The van der Waals surface area contributed by atoms with E-state index in [4.69, 9.17) is 11.6 Å². The highest BCUT2D eigenvalue weighted by Crippen LogP contribution is 2.30. The van der Waals surface area contributed by atoms with Crippen molar-refractivity contribution in [3.63, 3.8) is 0 Å². The van der Waals surface area contributed by atoms with Gasteiger partial charge in [-0.3, -0.25) is 0 Å². The summed E-state index contributed by atoms with van der Waals surface area (Å²) in [5.41, 5.74) is 2.14. The topological polar surface area (TPSA) is 37.8 Å². The molecule has 106 valence electrons. The van der Waals surface area contributed by atoms with Gasteiger partial charge < -0.3 is 5.32 Å². The molecule has 0 fully saturated rings. The maximum absolute atomic E-state index is 14.0. The lowest BCUT2D eigenvalue weighted by molar-refractivity contribution is 0.632. The number of fused-ring (bicyclic) bond motifs is 1. The van der Waals surface area contributed by atoms with Gasteiger partial charge in [-0.25, -0.2) is 14.4 Å². The molecule has 0 bridgehead atoms. The van der Waals surface area contributed by atoms with Crippen LogP contribution >= 0.6 is 27.5 Å². The van der Waals surface area contributed by atoms with Crippen LogP contribution in [0.15, 0.2) is 41.1 Å². The van der Waals surface area contributed by atoms with Crippen LogP contribution in [0.3, 0.4) is 0 Å². The lowest BCUT2D eigenvalue weighted by atomic mass is 10.1. The average molecular weight is 367 g/mol. The second-order valence-electron chi connectivity index (χ2n) is 4.57. The van der Waals surface area contributed by atoms with E-state index < -0.39 is 5.82 Å². The van der Waals surface area contributed by atoms with Crippen molar-refractivity contribution in [2.45, 2.75) is 6.92 Å². The number of hydrogen-bond donors (Lipinski definition) is 1. The molecular formula is C15H10BrClFN3. The van der Waals surface area contributed by atoms with E-state index in [2.05, 4.69) is 31.2 Å². The quantitative estimate of drug-likeness (QED) is 0.674. The van der Waals surface area contributed by atoms with Crippen molar-refractivity contribution < 1.29 is 4.39 Å². The number of benzene rings is 2. The monoisotopic (exact) mass is 365 g/mol. The molecule has 0 aliphatic carbocycles. The molecule has 0 spiro atoms. The first kappa shape index (κ1) is 14.2. The highest BCUT2D eigenvalue weighted by Gasteiger charge is 2.10. The van der Waals surface area contributed by atoms with Crippen molar-refractivity contribution >= 4 is 49.9 Å². The summed E-state index contributed by atoms with van der Waals surface area (Å²) in [4.78, 5) is 8.42. The molecule has 1 N–H and O–H groups in total. The van der Waals surface area contributed by atoms with Gasteiger partial charge in [0.15, 0.2) is 5.82 Å². The molecule has 3 aromatic rings. The van der Waals surface area contributed by atoms with Crippen molar-refractivity contribution in [3.8, 4) is 0 Å². The zero-order chi connectivity index (χ0) is 15.0. The summed E-state index contributed by atoms with van der Waals surface area (Å²) >= 11 is 9.27. The van der Waals surface area contributed by atoms with E-state index in [-0.39, 0.29) is 10.7 Å². The van der Waals surface area contributed by atoms with Crippen molar-refractivity contribution in [3.05, 3.63) is 57.5 Å². The predicted molar refractivity (Wildman–Crippen MR) is 86.7 cm³/mol. The number of nitrogens with one attached hydrogen (secondary N) is 1.